The van der Waals surface area contributed by atoms with Crippen molar-refractivity contribution in [3.63, 3.8) is 0 Å². The lowest BCUT2D eigenvalue weighted by Crippen LogP contribution is -2.29. The molecule has 1 saturated heterocycles. The fraction of sp³-hybridized carbons (Fsp3) is 0.316. The molecule has 1 fully saturated rings. The van der Waals surface area contributed by atoms with E-state index in [1.165, 1.54) is 0 Å². The van der Waals surface area contributed by atoms with Gasteiger partial charge in [0.25, 0.3) is 5.91 Å². The average molecular weight is 439 g/mol. The van der Waals surface area contributed by atoms with Crippen molar-refractivity contribution in [1.29, 1.82) is 0 Å². The van der Waals surface area contributed by atoms with Gasteiger partial charge in [-0.2, -0.15) is 5.10 Å². The van der Waals surface area contributed by atoms with Gasteiger partial charge in [0, 0.05) is 12.7 Å². The molecule has 10 heteroatoms. The van der Waals surface area contributed by atoms with Crippen molar-refractivity contribution in [3.05, 3.63) is 53.7 Å². The van der Waals surface area contributed by atoms with E-state index in [1.54, 1.807) is 0 Å². The third-order valence-corrected chi connectivity index (χ3v) is 4.78. The van der Waals surface area contributed by atoms with Gasteiger partial charge in [0.1, 0.15) is 17.0 Å². The molecule has 1 amide bonds. The van der Waals surface area contributed by atoms with Crippen LogP contribution in [0, 0.1) is 0 Å². The number of amides is 1. The average Bonchev–Trinajstić information content (AvgIpc) is 3.34. The minimum absolute atomic E-state index is 0. The molecule has 3 aromatic rings. The number of hydrogen-bond donors (Lipinski definition) is 3. The van der Waals surface area contributed by atoms with Crippen molar-refractivity contribution in [3.8, 4) is 11.4 Å². The minimum Gasteiger partial charge on any atom is -0.367 e. The summed E-state index contributed by atoms with van der Waals surface area (Å²) in [6.45, 7) is 2.35. The minimum atomic E-state index is -0.330. The summed E-state index contributed by atoms with van der Waals surface area (Å²) in [5, 5.41) is 14.8. The molecule has 0 saturated carbocycles. The number of nitrogens with one attached hydrogen (secondary N) is 2. The Morgan fingerprint density at radius 2 is 1.93 bits per heavy atom. The molecule has 156 valence electrons. The zero-order valence-corrected chi connectivity index (χ0v) is 17.3. The molecule has 0 atom stereocenters. The molecule has 1 aliphatic heterocycles. The molecule has 4 rings (SSSR count). The predicted molar refractivity (Wildman–Crippen MR) is 115 cm³/mol. The number of aromatic nitrogens is 3. The van der Waals surface area contributed by atoms with Crippen LogP contribution in [-0.2, 0) is 6.54 Å². The Balaban J connectivity index is 0.00000150. The Bertz CT molecular complexity index is 922. The van der Waals surface area contributed by atoms with Crippen molar-refractivity contribution < 1.29 is 9.32 Å². The zero-order chi connectivity index (χ0) is 18.6. The Kier molecular flexibility index (Phi) is 8.07. The molecular formula is C19H24Cl2N6O2. The first kappa shape index (κ1) is 22.7. The van der Waals surface area contributed by atoms with Crippen LogP contribution in [0.25, 0.3) is 11.4 Å². The SMILES string of the molecule is Cl.Cl.Nc1onc(-c2ccn(C3CCNCC3)n2)c1C(=O)NCc1ccccc1. The summed E-state index contributed by atoms with van der Waals surface area (Å²) < 4.78 is 7.02. The summed E-state index contributed by atoms with van der Waals surface area (Å²) in [6, 6.07) is 11.9. The van der Waals surface area contributed by atoms with E-state index in [0.29, 0.717) is 24.0 Å². The number of nitrogens with zero attached hydrogens (tertiary/aromatic N) is 3. The van der Waals surface area contributed by atoms with Crippen LogP contribution in [-0.4, -0.2) is 33.9 Å². The van der Waals surface area contributed by atoms with Crippen LogP contribution in [0.4, 0.5) is 5.88 Å². The van der Waals surface area contributed by atoms with Crippen LogP contribution in [0.2, 0.25) is 0 Å². The van der Waals surface area contributed by atoms with Gasteiger partial charge in [0.05, 0.1) is 6.04 Å². The predicted octanol–water partition coefficient (Wildman–Crippen LogP) is 2.82. The van der Waals surface area contributed by atoms with Gasteiger partial charge in [-0.1, -0.05) is 35.5 Å². The summed E-state index contributed by atoms with van der Waals surface area (Å²) in [5.41, 5.74) is 8.04. The number of anilines is 1. The first-order chi connectivity index (χ1) is 13.2. The third-order valence-electron chi connectivity index (χ3n) is 4.78. The number of rotatable bonds is 5. The van der Waals surface area contributed by atoms with Crippen molar-refractivity contribution in [2.24, 2.45) is 0 Å². The summed E-state index contributed by atoms with van der Waals surface area (Å²) in [7, 11) is 0. The number of piperidine rings is 1. The number of hydrogen-bond acceptors (Lipinski definition) is 6. The molecule has 2 aromatic heterocycles. The topological polar surface area (TPSA) is 111 Å². The highest BCUT2D eigenvalue weighted by Gasteiger charge is 2.25. The summed E-state index contributed by atoms with van der Waals surface area (Å²) in [6.07, 6.45) is 3.96. The van der Waals surface area contributed by atoms with Crippen molar-refractivity contribution in [1.82, 2.24) is 25.6 Å². The highest BCUT2D eigenvalue weighted by molar-refractivity contribution is 6.03. The standard InChI is InChI=1S/C19H22N6O2.2ClH/c20-18-16(19(26)22-12-13-4-2-1-3-5-13)17(24-27-18)15-8-11-25(23-15)14-6-9-21-10-7-14;;/h1-5,8,11,14,21H,6-7,9-10,12,20H2,(H,22,26);2*1H. The molecule has 0 aliphatic carbocycles. The number of nitrogen functional groups attached to an aromatic ring is 1. The monoisotopic (exact) mass is 438 g/mol. The quantitative estimate of drug-likeness (QED) is 0.564. The van der Waals surface area contributed by atoms with E-state index >= 15 is 0 Å². The van der Waals surface area contributed by atoms with Gasteiger partial charge in [-0.05, 0) is 37.6 Å². The number of halogens is 2. The molecule has 3 heterocycles. The lowest BCUT2D eigenvalue weighted by Gasteiger charge is -2.22. The van der Waals surface area contributed by atoms with Gasteiger partial charge >= 0.3 is 0 Å². The number of nitrogens with two attached hydrogens (primary N) is 1. The van der Waals surface area contributed by atoms with Gasteiger partial charge in [0.15, 0.2) is 0 Å². The highest BCUT2D eigenvalue weighted by atomic mass is 35.5. The first-order valence-electron chi connectivity index (χ1n) is 9.06. The Hall–Kier alpha value is -2.55. The van der Waals surface area contributed by atoms with Gasteiger partial charge in [-0.25, -0.2) is 0 Å². The van der Waals surface area contributed by atoms with Gasteiger partial charge in [-0.3, -0.25) is 9.48 Å². The second kappa shape index (κ2) is 10.3. The second-order valence-electron chi connectivity index (χ2n) is 6.60. The molecule has 1 aliphatic rings. The molecule has 8 nitrogen and oxygen atoms in total. The molecule has 4 N–H and O–H groups in total. The highest BCUT2D eigenvalue weighted by Crippen LogP contribution is 2.27. The van der Waals surface area contributed by atoms with E-state index in [-0.39, 0.29) is 42.2 Å². The van der Waals surface area contributed by atoms with E-state index in [4.69, 9.17) is 10.3 Å². The van der Waals surface area contributed by atoms with E-state index in [1.807, 2.05) is 47.3 Å². The molecule has 1 aromatic carbocycles. The molecule has 0 unspecified atom stereocenters. The molecule has 29 heavy (non-hydrogen) atoms. The fourth-order valence-corrected chi connectivity index (χ4v) is 3.30. The van der Waals surface area contributed by atoms with Gasteiger partial charge in [0.2, 0.25) is 5.88 Å². The van der Waals surface area contributed by atoms with E-state index in [9.17, 15) is 4.79 Å². The molecular weight excluding hydrogens is 415 g/mol. The lowest BCUT2D eigenvalue weighted by molar-refractivity contribution is 0.0952. The van der Waals surface area contributed by atoms with Crippen LogP contribution in [0.15, 0.2) is 47.1 Å². The summed E-state index contributed by atoms with van der Waals surface area (Å²) in [4.78, 5) is 12.7. The Labute approximate surface area is 181 Å². The Morgan fingerprint density at radius 3 is 2.66 bits per heavy atom. The van der Waals surface area contributed by atoms with Crippen LogP contribution in [0.3, 0.4) is 0 Å². The maximum atomic E-state index is 12.7. The third kappa shape index (κ3) is 5.09. The summed E-state index contributed by atoms with van der Waals surface area (Å²) in [5.74, 6) is -0.337. The molecule has 0 spiro atoms. The van der Waals surface area contributed by atoms with Crippen LogP contribution in [0.1, 0.15) is 34.8 Å². The zero-order valence-electron chi connectivity index (χ0n) is 15.7. The maximum absolute atomic E-state index is 12.7. The maximum Gasteiger partial charge on any atom is 0.259 e. The van der Waals surface area contributed by atoms with Gasteiger partial charge < -0.3 is 20.9 Å². The van der Waals surface area contributed by atoms with Crippen molar-refractivity contribution in [2.75, 3.05) is 18.8 Å². The normalized spacial score (nSPS) is 13.9. The Morgan fingerprint density at radius 1 is 1.21 bits per heavy atom. The lowest BCUT2D eigenvalue weighted by atomic mass is 10.1. The second-order valence-corrected chi connectivity index (χ2v) is 6.60. The van der Waals surface area contributed by atoms with Crippen LogP contribution in [0.5, 0.6) is 0 Å². The van der Waals surface area contributed by atoms with Crippen LogP contribution >= 0.6 is 24.8 Å². The smallest absolute Gasteiger partial charge is 0.259 e. The number of benzene rings is 1. The van der Waals surface area contributed by atoms with E-state index in [2.05, 4.69) is 20.9 Å². The largest absolute Gasteiger partial charge is 0.367 e. The van der Waals surface area contributed by atoms with Crippen molar-refractivity contribution >= 4 is 36.6 Å². The van der Waals surface area contributed by atoms with Crippen LogP contribution < -0.4 is 16.4 Å². The fourth-order valence-electron chi connectivity index (χ4n) is 3.30. The number of carbonyl (C=O) groups excluding carboxylic acids is 1. The van der Waals surface area contributed by atoms with Crippen molar-refractivity contribution in [2.45, 2.75) is 25.4 Å². The van der Waals surface area contributed by atoms with E-state index in [0.717, 1.165) is 31.5 Å². The molecule has 0 radical (unpaired) electrons. The molecule has 0 bridgehead atoms. The van der Waals surface area contributed by atoms with E-state index < -0.39 is 0 Å². The first-order valence-corrected chi connectivity index (χ1v) is 9.06. The number of carbonyl (C=O) groups is 1. The summed E-state index contributed by atoms with van der Waals surface area (Å²) >= 11 is 0. The van der Waals surface area contributed by atoms with Gasteiger partial charge in [-0.15, -0.1) is 24.8 Å².